The maximum Gasteiger partial charge on any atom is 0.224 e. The maximum absolute atomic E-state index is 14.5. The highest BCUT2D eigenvalue weighted by atomic mass is 19.1. The van der Waals surface area contributed by atoms with Gasteiger partial charge in [-0.15, -0.1) is 0 Å². The van der Waals surface area contributed by atoms with Crippen LogP contribution in [-0.4, -0.2) is 41.0 Å². The van der Waals surface area contributed by atoms with Gasteiger partial charge in [0.2, 0.25) is 5.91 Å². The molecule has 1 amide bonds. The number of pyridine rings is 3. The third-order valence-electron chi connectivity index (χ3n) is 6.21. The first-order valence-corrected chi connectivity index (χ1v) is 12.4. The summed E-state index contributed by atoms with van der Waals surface area (Å²) in [7, 11) is 0. The lowest BCUT2D eigenvalue weighted by Crippen LogP contribution is -2.19. The van der Waals surface area contributed by atoms with Crippen LogP contribution in [0.5, 0.6) is 0 Å². The topological polar surface area (TPSA) is 125 Å². The highest BCUT2D eigenvalue weighted by Gasteiger charge is 2.19. The molecular weight excluding hydrogens is 495 g/mol. The standard InChI is InChI=1S/C29H25FN8O/c1-29(2,3)12-24(39)34-17-10-16(13-31-14-17)22-11-19-23(15-33-22)37-38-26(19)28-35-21-8-9-32-25(27(21)36-28)18-6-4-5-7-20(18)30/h4-11,13-15H,12H2,1-3H3,(H,34,39)(H,35,36)(H,37,38). The Morgan fingerprint density at radius 2 is 1.85 bits per heavy atom. The molecule has 0 saturated carbocycles. The van der Waals surface area contributed by atoms with Crippen LogP contribution in [0.3, 0.4) is 0 Å². The van der Waals surface area contributed by atoms with Crippen molar-refractivity contribution < 1.29 is 9.18 Å². The fourth-order valence-electron chi connectivity index (χ4n) is 4.49. The molecule has 10 heteroatoms. The first-order chi connectivity index (χ1) is 18.7. The Hall–Kier alpha value is -4.99. The van der Waals surface area contributed by atoms with Crippen molar-refractivity contribution in [1.29, 1.82) is 0 Å². The Labute approximate surface area is 223 Å². The van der Waals surface area contributed by atoms with Crippen LogP contribution in [-0.2, 0) is 4.79 Å². The number of aromatic amines is 2. The van der Waals surface area contributed by atoms with E-state index in [1.165, 1.54) is 6.07 Å². The number of anilines is 1. The second-order valence-corrected chi connectivity index (χ2v) is 10.6. The first kappa shape index (κ1) is 24.4. The van der Waals surface area contributed by atoms with Gasteiger partial charge < -0.3 is 10.3 Å². The van der Waals surface area contributed by atoms with E-state index in [0.29, 0.717) is 51.6 Å². The van der Waals surface area contributed by atoms with Gasteiger partial charge in [0.15, 0.2) is 5.82 Å². The summed E-state index contributed by atoms with van der Waals surface area (Å²) < 4.78 is 14.5. The molecule has 0 spiro atoms. The van der Waals surface area contributed by atoms with Gasteiger partial charge in [-0.2, -0.15) is 5.10 Å². The van der Waals surface area contributed by atoms with Crippen molar-refractivity contribution >= 4 is 33.5 Å². The molecule has 0 saturated heterocycles. The van der Waals surface area contributed by atoms with E-state index >= 15 is 0 Å². The van der Waals surface area contributed by atoms with E-state index in [1.54, 1.807) is 49.1 Å². The molecular formula is C29H25FN8O. The van der Waals surface area contributed by atoms with E-state index in [0.717, 1.165) is 16.5 Å². The van der Waals surface area contributed by atoms with E-state index in [-0.39, 0.29) is 17.1 Å². The molecule has 9 nitrogen and oxygen atoms in total. The highest BCUT2D eigenvalue weighted by Crippen LogP contribution is 2.32. The zero-order chi connectivity index (χ0) is 27.1. The monoisotopic (exact) mass is 520 g/mol. The summed E-state index contributed by atoms with van der Waals surface area (Å²) >= 11 is 0. The number of carbonyl (C=O) groups is 1. The molecule has 6 aromatic rings. The fraction of sp³-hybridized carbons (Fsp3) is 0.172. The summed E-state index contributed by atoms with van der Waals surface area (Å²) in [4.78, 5) is 33.7. The van der Waals surface area contributed by atoms with Gasteiger partial charge in [0, 0.05) is 35.3 Å². The summed E-state index contributed by atoms with van der Waals surface area (Å²) in [5, 5.41) is 11.2. The predicted molar refractivity (Wildman–Crippen MR) is 148 cm³/mol. The van der Waals surface area contributed by atoms with Gasteiger partial charge in [-0.05, 0) is 35.7 Å². The van der Waals surface area contributed by atoms with Crippen LogP contribution in [0.15, 0.2) is 67.3 Å². The number of hydrogen-bond acceptors (Lipinski definition) is 6. The average molecular weight is 521 g/mol. The highest BCUT2D eigenvalue weighted by molar-refractivity contribution is 5.97. The maximum atomic E-state index is 14.5. The van der Waals surface area contributed by atoms with Gasteiger partial charge in [0.05, 0.1) is 34.8 Å². The third kappa shape index (κ3) is 4.84. The number of H-pyrrole nitrogens is 2. The zero-order valence-electron chi connectivity index (χ0n) is 21.6. The molecule has 1 aromatic carbocycles. The van der Waals surface area contributed by atoms with Crippen molar-refractivity contribution in [2.45, 2.75) is 27.2 Å². The van der Waals surface area contributed by atoms with Crippen LogP contribution in [0, 0.1) is 11.2 Å². The van der Waals surface area contributed by atoms with E-state index < -0.39 is 0 Å². The Morgan fingerprint density at radius 1 is 1.00 bits per heavy atom. The minimum absolute atomic E-state index is 0.0730. The van der Waals surface area contributed by atoms with Gasteiger partial charge >= 0.3 is 0 Å². The van der Waals surface area contributed by atoms with Crippen molar-refractivity contribution in [2.24, 2.45) is 5.41 Å². The zero-order valence-corrected chi connectivity index (χ0v) is 21.6. The molecule has 0 aliphatic heterocycles. The molecule has 0 unspecified atom stereocenters. The Morgan fingerprint density at radius 3 is 2.67 bits per heavy atom. The van der Waals surface area contributed by atoms with Crippen molar-refractivity contribution in [2.75, 3.05) is 5.32 Å². The second-order valence-electron chi connectivity index (χ2n) is 10.6. The number of fused-ring (bicyclic) bond motifs is 2. The van der Waals surface area contributed by atoms with Gasteiger partial charge in [0.25, 0.3) is 0 Å². The largest absolute Gasteiger partial charge is 0.336 e. The molecule has 0 radical (unpaired) electrons. The molecule has 0 bridgehead atoms. The van der Waals surface area contributed by atoms with Crippen molar-refractivity contribution in [3.63, 3.8) is 0 Å². The molecule has 6 rings (SSSR count). The predicted octanol–water partition coefficient (Wildman–Crippen LogP) is 6.14. The van der Waals surface area contributed by atoms with E-state index in [1.807, 2.05) is 32.9 Å². The second kappa shape index (κ2) is 9.39. The smallest absolute Gasteiger partial charge is 0.224 e. The average Bonchev–Trinajstić information content (AvgIpc) is 3.51. The molecule has 3 N–H and O–H groups in total. The summed E-state index contributed by atoms with van der Waals surface area (Å²) in [5.74, 6) is 0.0739. The van der Waals surface area contributed by atoms with Crippen LogP contribution in [0.25, 0.3) is 56.0 Å². The van der Waals surface area contributed by atoms with E-state index in [9.17, 15) is 9.18 Å². The van der Waals surface area contributed by atoms with Crippen LogP contribution < -0.4 is 5.32 Å². The number of nitrogens with one attached hydrogen (secondary N) is 3. The van der Waals surface area contributed by atoms with Crippen molar-refractivity contribution in [3.05, 3.63) is 73.1 Å². The lowest BCUT2D eigenvalue weighted by atomic mass is 9.92. The first-order valence-electron chi connectivity index (χ1n) is 12.4. The number of hydrogen-bond donors (Lipinski definition) is 3. The molecule has 0 aliphatic rings. The van der Waals surface area contributed by atoms with Gasteiger partial charge in [0.1, 0.15) is 22.7 Å². The third-order valence-corrected chi connectivity index (χ3v) is 6.21. The molecule has 194 valence electrons. The van der Waals surface area contributed by atoms with Gasteiger partial charge in [-0.25, -0.2) is 9.37 Å². The van der Waals surface area contributed by atoms with Crippen molar-refractivity contribution in [1.82, 2.24) is 35.1 Å². The Balaban J connectivity index is 1.37. The SMILES string of the molecule is CC(C)(C)CC(=O)Nc1cncc(-c2cc3c(-c4nc5c(-c6ccccc6F)nccc5[nH]4)n[nH]c3cn2)c1. The molecule has 5 heterocycles. The number of nitrogens with zero attached hydrogens (tertiary/aromatic N) is 5. The van der Waals surface area contributed by atoms with Crippen molar-refractivity contribution in [3.8, 4) is 34.0 Å². The number of rotatable bonds is 5. The summed E-state index contributed by atoms with van der Waals surface area (Å²) in [5.41, 5.74) is 5.29. The number of imidazole rings is 1. The number of amides is 1. The molecule has 0 aliphatic carbocycles. The summed E-state index contributed by atoms with van der Waals surface area (Å²) in [6.45, 7) is 6.05. The van der Waals surface area contributed by atoms with E-state index in [4.69, 9.17) is 4.98 Å². The number of aromatic nitrogens is 7. The minimum atomic E-state index is -0.367. The summed E-state index contributed by atoms with van der Waals surface area (Å²) in [6, 6.07) is 12.0. The normalized spacial score (nSPS) is 11.8. The van der Waals surface area contributed by atoms with Gasteiger partial charge in [-0.1, -0.05) is 32.9 Å². The quantitative estimate of drug-likeness (QED) is 0.251. The lowest BCUT2D eigenvalue weighted by molar-refractivity contribution is -0.117. The van der Waals surface area contributed by atoms with Crippen LogP contribution in [0.2, 0.25) is 0 Å². The number of halogens is 1. The van der Waals surface area contributed by atoms with Crippen LogP contribution in [0.1, 0.15) is 27.2 Å². The molecule has 0 atom stereocenters. The van der Waals surface area contributed by atoms with Crippen LogP contribution >= 0.6 is 0 Å². The van der Waals surface area contributed by atoms with Crippen LogP contribution in [0.4, 0.5) is 10.1 Å². The number of carbonyl (C=O) groups excluding carboxylic acids is 1. The van der Waals surface area contributed by atoms with Gasteiger partial charge in [-0.3, -0.25) is 24.8 Å². The number of benzene rings is 1. The minimum Gasteiger partial charge on any atom is -0.336 e. The summed E-state index contributed by atoms with van der Waals surface area (Å²) in [6.07, 6.45) is 7.02. The Kier molecular flexibility index (Phi) is 5.86. The molecule has 5 aromatic heterocycles. The molecule has 0 fully saturated rings. The lowest BCUT2D eigenvalue weighted by Gasteiger charge is -2.17. The Bertz CT molecular complexity index is 1850. The fourth-order valence-corrected chi connectivity index (χ4v) is 4.49. The van der Waals surface area contributed by atoms with E-state index in [2.05, 4.69) is 35.5 Å². The molecule has 39 heavy (non-hydrogen) atoms.